The molecule has 2 atom stereocenters. The van der Waals surface area contributed by atoms with Gasteiger partial charge in [-0.25, -0.2) is 4.57 Å². The topological polar surface area (TPSA) is 134 Å². The van der Waals surface area contributed by atoms with Crippen LogP contribution in [0.25, 0.3) is 0 Å². The number of phosphoric ester groups is 1. The van der Waals surface area contributed by atoms with Crippen LogP contribution in [0.1, 0.15) is 316 Å². The van der Waals surface area contributed by atoms with Crippen LogP contribution in [0.15, 0.2) is 36.5 Å². The molecule has 0 rings (SSSR count). The van der Waals surface area contributed by atoms with Crippen LogP contribution in [0.4, 0.5) is 0 Å². The van der Waals surface area contributed by atoms with Crippen LogP contribution < -0.4 is 5.73 Å². The first-order chi connectivity index (χ1) is 35.3. The highest BCUT2D eigenvalue weighted by Gasteiger charge is 2.26. The van der Waals surface area contributed by atoms with Gasteiger partial charge in [0.05, 0.1) is 13.2 Å². The van der Waals surface area contributed by atoms with Crippen LogP contribution in [0.5, 0.6) is 0 Å². The molecule has 0 saturated heterocycles. The number of unbranched alkanes of at least 4 members (excludes halogenated alkanes) is 40. The highest BCUT2D eigenvalue weighted by Crippen LogP contribution is 2.43. The van der Waals surface area contributed by atoms with E-state index >= 15 is 0 Å². The highest BCUT2D eigenvalue weighted by atomic mass is 31.2. The fourth-order valence-corrected chi connectivity index (χ4v) is 9.89. The van der Waals surface area contributed by atoms with Crippen LogP contribution in [0.3, 0.4) is 0 Å². The van der Waals surface area contributed by atoms with Crippen molar-refractivity contribution >= 4 is 19.8 Å². The molecule has 0 spiro atoms. The Morgan fingerprint density at radius 1 is 0.417 bits per heavy atom. The number of hydrogen-bond acceptors (Lipinski definition) is 8. The first-order valence-corrected chi connectivity index (χ1v) is 32.5. The lowest BCUT2D eigenvalue weighted by molar-refractivity contribution is -0.161. The maximum atomic E-state index is 12.6. The third kappa shape index (κ3) is 57.5. The molecule has 10 heteroatoms. The standard InChI is InChI=1S/C62H118NO8P/c1-3-5-7-9-11-13-15-17-19-20-21-22-23-24-25-26-27-28-29-30-31-32-33-34-35-36-37-38-39-40-41-43-44-46-48-50-52-54-61(64)68-58-60(59-70-72(66,67)69-57-56-63)71-62(65)55-53-51-49-47-45-42-18-16-14-12-10-8-6-4-2/h10,12,16,18,20-21,60H,3-9,11,13-15,17,19,22-59,63H2,1-2H3,(H,66,67)/b12-10-,18-16-,21-20-. The second-order valence-electron chi connectivity index (χ2n) is 20.9. The Hall–Kier alpha value is -1.77. The number of phosphoric acid groups is 1. The minimum absolute atomic E-state index is 0.0521. The van der Waals surface area contributed by atoms with E-state index in [9.17, 15) is 19.0 Å². The molecule has 424 valence electrons. The van der Waals surface area contributed by atoms with Gasteiger partial charge in [-0.3, -0.25) is 18.6 Å². The van der Waals surface area contributed by atoms with E-state index in [1.165, 1.54) is 218 Å². The first-order valence-electron chi connectivity index (χ1n) is 31.0. The van der Waals surface area contributed by atoms with Crippen molar-refractivity contribution in [2.45, 2.75) is 322 Å². The van der Waals surface area contributed by atoms with Crippen molar-refractivity contribution in [1.29, 1.82) is 0 Å². The summed E-state index contributed by atoms with van der Waals surface area (Å²) in [7, 11) is -4.39. The lowest BCUT2D eigenvalue weighted by Crippen LogP contribution is -2.29. The van der Waals surface area contributed by atoms with E-state index in [1.807, 2.05) is 0 Å². The van der Waals surface area contributed by atoms with Crippen molar-refractivity contribution in [2.75, 3.05) is 26.4 Å². The fourth-order valence-electron chi connectivity index (χ4n) is 9.12. The molecule has 0 saturated carbocycles. The molecule has 2 unspecified atom stereocenters. The Morgan fingerprint density at radius 3 is 1.11 bits per heavy atom. The number of ether oxygens (including phenoxy) is 2. The summed E-state index contributed by atoms with van der Waals surface area (Å²) in [6.07, 6.45) is 71.0. The van der Waals surface area contributed by atoms with Crippen LogP contribution in [-0.2, 0) is 32.7 Å². The summed E-state index contributed by atoms with van der Waals surface area (Å²) in [5.41, 5.74) is 5.37. The normalized spacial score (nSPS) is 13.2. The lowest BCUT2D eigenvalue weighted by Gasteiger charge is -2.19. The molecule has 3 N–H and O–H groups in total. The third-order valence-electron chi connectivity index (χ3n) is 13.7. The largest absolute Gasteiger partial charge is 0.472 e. The SMILES string of the molecule is CCCC/C=C\C/C=C\CCCCCCCC(=O)OC(COC(=O)CCCCCCCCCCCCCCCCCCCCCCCCCCC/C=C\CCCCCCCCCC)COP(=O)(O)OCCN. The van der Waals surface area contributed by atoms with Crippen LogP contribution in [0.2, 0.25) is 0 Å². The third-order valence-corrected chi connectivity index (χ3v) is 14.7. The van der Waals surface area contributed by atoms with Gasteiger partial charge in [0.15, 0.2) is 6.10 Å². The Balaban J connectivity index is 3.74. The highest BCUT2D eigenvalue weighted by molar-refractivity contribution is 7.47. The molecule has 0 amide bonds. The number of nitrogens with two attached hydrogens (primary N) is 1. The van der Waals surface area contributed by atoms with E-state index in [4.69, 9.17) is 24.3 Å². The van der Waals surface area contributed by atoms with Crippen molar-refractivity contribution in [1.82, 2.24) is 0 Å². The molecule has 0 fully saturated rings. The maximum Gasteiger partial charge on any atom is 0.472 e. The van der Waals surface area contributed by atoms with E-state index in [0.717, 1.165) is 64.2 Å². The number of carbonyl (C=O) groups is 2. The summed E-state index contributed by atoms with van der Waals surface area (Å²) in [6.45, 7) is 3.72. The van der Waals surface area contributed by atoms with E-state index in [0.29, 0.717) is 6.42 Å². The molecule has 9 nitrogen and oxygen atoms in total. The van der Waals surface area contributed by atoms with Gasteiger partial charge in [0.1, 0.15) is 6.61 Å². The van der Waals surface area contributed by atoms with Crippen molar-refractivity contribution in [3.05, 3.63) is 36.5 Å². The minimum Gasteiger partial charge on any atom is -0.462 e. The van der Waals surface area contributed by atoms with Gasteiger partial charge in [0.25, 0.3) is 0 Å². The molecule has 0 aliphatic carbocycles. The van der Waals surface area contributed by atoms with E-state index in [2.05, 4.69) is 50.3 Å². The first kappa shape index (κ1) is 70.2. The monoisotopic (exact) mass is 1040 g/mol. The Morgan fingerprint density at radius 2 is 0.736 bits per heavy atom. The lowest BCUT2D eigenvalue weighted by atomic mass is 10.0. The zero-order valence-electron chi connectivity index (χ0n) is 47.4. The predicted molar refractivity (Wildman–Crippen MR) is 307 cm³/mol. The summed E-state index contributed by atoms with van der Waals surface area (Å²) >= 11 is 0. The summed E-state index contributed by atoms with van der Waals surface area (Å²) in [4.78, 5) is 35.1. The molecule has 0 aliphatic heterocycles. The molecule has 0 aromatic carbocycles. The minimum atomic E-state index is -4.39. The van der Waals surface area contributed by atoms with Crippen molar-refractivity contribution < 1.29 is 37.6 Å². The molecule has 0 bridgehead atoms. The fraction of sp³-hybridized carbons (Fsp3) is 0.871. The van der Waals surface area contributed by atoms with Gasteiger partial charge < -0.3 is 20.1 Å². The molecule has 72 heavy (non-hydrogen) atoms. The molecular weight excluding hydrogens is 918 g/mol. The maximum absolute atomic E-state index is 12.6. The number of rotatable bonds is 59. The van der Waals surface area contributed by atoms with Crippen LogP contribution in [0, 0.1) is 0 Å². The Bertz CT molecular complexity index is 1270. The van der Waals surface area contributed by atoms with Crippen molar-refractivity contribution in [2.24, 2.45) is 5.73 Å². The molecule has 0 aromatic rings. The van der Waals surface area contributed by atoms with Crippen LogP contribution >= 0.6 is 7.82 Å². The summed E-state index contributed by atoms with van der Waals surface area (Å²) in [5.74, 6) is -0.831. The van der Waals surface area contributed by atoms with Gasteiger partial charge in [-0.1, -0.05) is 275 Å². The second-order valence-corrected chi connectivity index (χ2v) is 22.4. The second kappa shape index (κ2) is 58.5. The Labute approximate surface area is 445 Å². The van der Waals surface area contributed by atoms with Gasteiger partial charge in [0, 0.05) is 19.4 Å². The van der Waals surface area contributed by atoms with Crippen molar-refractivity contribution in [3.63, 3.8) is 0 Å². The van der Waals surface area contributed by atoms with E-state index in [-0.39, 0.29) is 38.6 Å². The summed E-state index contributed by atoms with van der Waals surface area (Å²) in [6, 6.07) is 0. The van der Waals surface area contributed by atoms with E-state index < -0.39 is 26.5 Å². The number of hydrogen-bond donors (Lipinski definition) is 2. The molecule has 0 aliphatic rings. The molecular formula is C62H118NO8P. The smallest absolute Gasteiger partial charge is 0.462 e. The van der Waals surface area contributed by atoms with Crippen LogP contribution in [-0.4, -0.2) is 49.3 Å². The average Bonchev–Trinajstić information content (AvgIpc) is 3.37. The molecule has 0 radical (unpaired) electrons. The number of esters is 2. The van der Waals surface area contributed by atoms with Gasteiger partial charge >= 0.3 is 19.8 Å². The quantitative estimate of drug-likeness (QED) is 0.0264. The van der Waals surface area contributed by atoms with Gasteiger partial charge in [-0.15, -0.1) is 0 Å². The Kier molecular flexibility index (Phi) is 57.1. The molecule has 0 heterocycles. The summed E-state index contributed by atoms with van der Waals surface area (Å²) in [5, 5.41) is 0. The average molecular weight is 1040 g/mol. The van der Waals surface area contributed by atoms with Gasteiger partial charge in [-0.2, -0.15) is 0 Å². The number of carbonyl (C=O) groups excluding carboxylic acids is 2. The zero-order valence-corrected chi connectivity index (χ0v) is 48.3. The molecule has 0 aromatic heterocycles. The van der Waals surface area contributed by atoms with Crippen molar-refractivity contribution in [3.8, 4) is 0 Å². The number of allylic oxidation sites excluding steroid dienone is 6. The predicted octanol–water partition coefficient (Wildman–Crippen LogP) is 19.6. The zero-order chi connectivity index (χ0) is 52.4. The summed E-state index contributed by atoms with van der Waals surface area (Å²) < 4.78 is 33.0. The van der Waals surface area contributed by atoms with E-state index in [1.54, 1.807) is 0 Å². The van der Waals surface area contributed by atoms with Gasteiger partial charge in [-0.05, 0) is 64.2 Å². The van der Waals surface area contributed by atoms with Gasteiger partial charge in [0.2, 0.25) is 0 Å².